The molecule has 168 valence electrons. The van der Waals surface area contributed by atoms with Gasteiger partial charge in [0.15, 0.2) is 11.0 Å². The second-order valence-corrected chi connectivity index (χ2v) is 9.31. The summed E-state index contributed by atoms with van der Waals surface area (Å²) in [6.07, 6.45) is 4.75. The zero-order valence-electron chi connectivity index (χ0n) is 17.2. The van der Waals surface area contributed by atoms with Crippen LogP contribution in [0.2, 0.25) is 5.15 Å². The molecule has 5 rings (SSSR count). The van der Waals surface area contributed by atoms with Crippen LogP contribution in [0.3, 0.4) is 0 Å². The lowest BCUT2D eigenvalue weighted by atomic mass is 9.95. The number of rotatable bonds is 5. The predicted octanol–water partition coefficient (Wildman–Crippen LogP) is 2.98. The van der Waals surface area contributed by atoms with E-state index in [1.54, 1.807) is 0 Å². The van der Waals surface area contributed by atoms with Crippen LogP contribution in [0.4, 0.5) is 14.6 Å². The summed E-state index contributed by atoms with van der Waals surface area (Å²) in [7, 11) is 0. The van der Waals surface area contributed by atoms with Gasteiger partial charge in [-0.1, -0.05) is 11.6 Å². The molecule has 0 aliphatic carbocycles. The highest BCUT2D eigenvalue weighted by molar-refractivity contribution is 6.30. The van der Waals surface area contributed by atoms with Crippen molar-refractivity contribution in [3.05, 3.63) is 17.2 Å². The molecule has 3 fully saturated rings. The molecule has 10 heteroatoms. The van der Waals surface area contributed by atoms with Crippen molar-refractivity contribution in [1.82, 2.24) is 19.9 Å². The molecule has 0 unspecified atom stereocenters. The number of aliphatic hydroxyl groups is 1. The van der Waals surface area contributed by atoms with Gasteiger partial charge >= 0.3 is 6.01 Å². The van der Waals surface area contributed by atoms with Gasteiger partial charge in [-0.05, 0) is 38.1 Å². The topological polar surface area (TPSA) is 74.6 Å². The van der Waals surface area contributed by atoms with E-state index < -0.39 is 12.0 Å². The number of aromatic nitrogens is 3. The molecule has 0 amide bonds. The van der Waals surface area contributed by atoms with Crippen molar-refractivity contribution < 1.29 is 18.6 Å². The minimum Gasteiger partial charge on any atom is -0.461 e. The third-order valence-electron chi connectivity index (χ3n) is 6.91. The zero-order chi connectivity index (χ0) is 21.6. The van der Waals surface area contributed by atoms with Gasteiger partial charge in [-0.15, -0.1) is 0 Å². The minimum absolute atomic E-state index is 0.0540. The summed E-state index contributed by atoms with van der Waals surface area (Å²) in [4.78, 5) is 17.0. The third-order valence-corrected chi connectivity index (χ3v) is 7.17. The van der Waals surface area contributed by atoms with E-state index in [9.17, 15) is 13.9 Å². The second-order valence-electron chi connectivity index (χ2n) is 8.96. The van der Waals surface area contributed by atoms with E-state index in [4.69, 9.17) is 16.3 Å². The van der Waals surface area contributed by atoms with Gasteiger partial charge in [0.05, 0.1) is 10.9 Å². The summed E-state index contributed by atoms with van der Waals surface area (Å²) in [5.41, 5.74) is -0.291. The second kappa shape index (κ2) is 8.26. The quantitative estimate of drug-likeness (QED) is 0.697. The third kappa shape index (κ3) is 3.81. The van der Waals surface area contributed by atoms with Gasteiger partial charge in [0, 0.05) is 38.9 Å². The number of halogens is 3. The number of anilines is 1. The van der Waals surface area contributed by atoms with Gasteiger partial charge in [-0.2, -0.15) is 9.97 Å². The summed E-state index contributed by atoms with van der Waals surface area (Å²) in [5.74, 6) is -0.0651. The number of ether oxygens (including phenoxy) is 1. The molecule has 3 aliphatic rings. The van der Waals surface area contributed by atoms with Crippen LogP contribution in [0.1, 0.15) is 32.1 Å². The summed E-state index contributed by atoms with van der Waals surface area (Å²) in [6, 6.07) is 0.0540. The number of hydrogen-bond acceptors (Lipinski definition) is 7. The molecular weight excluding hydrogens is 428 g/mol. The highest BCUT2D eigenvalue weighted by Crippen LogP contribution is 2.40. The van der Waals surface area contributed by atoms with Crippen LogP contribution in [0, 0.1) is 11.7 Å². The minimum atomic E-state index is -0.858. The normalized spacial score (nSPS) is 29.0. The summed E-state index contributed by atoms with van der Waals surface area (Å²) < 4.78 is 34.9. The Bertz CT molecular complexity index is 982. The van der Waals surface area contributed by atoms with Crippen LogP contribution in [-0.2, 0) is 0 Å². The standard InChI is InChI=1S/C21H26ClF2N5O2/c22-18-16(24)17-15(8-25-18)19(28-5-1-3-13(9-28)11-30)27-20(26-17)31-12-21-4-2-6-29(21)10-14(23)7-21/h8,13-14,30H,1-7,9-12H2/t13-,14+,21-/m0/s1. The average molecular weight is 454 g/mol. The summed E-state index contributed by atoms with van der Waals surface area (Å²) in [5, 5.41) is 9.81. The molecular formula is C21H26ClF2N5O2. The van der Waals surface area contributed by atoms with Gasteiger partial charge in [-0.25, -0.2) is 13.8 Å². The van der Waals surface area contributed by atoms with Crippen molar-refractivity contribution in [3.8, 4) is 6.01 Å². The van der Waals surface area contributed by atoms with E-state index in [2.05, 4.69) is 19.9 Å². The highest BCUT2D eigenvalue weighted by atomic mass is 35.5. The fourth-order valence-corrected chi connectivity index (χ4v) is 5.50. The van der Waals surface area contributed by atoms with Gasteiger partial charge in [0.1, 0.15) is 24.1 Å². The Labute approximate surface area is 184 Å². The van der Waals surface area contributed by atoms with Crippen LogP contribution >= 0.6 is 11.6 Å². The Morgan fingerprint density at radius 3 is 2.97 bits per heavy atom. The fraction of sp³-hybridized carbons (Fsp3) is 0.667. The lowest BCUT2D eigenvalue weighted by molar-refractivity contribution is 0.107. The van der Waals surface area contributed by atoms with Crippen LogP contribution in [0.5, 0.6) is 6.01 Å². The Balaban J connectivity index is 1.49. The summed E-state index contributed by atoms with van der Waals surface area (Å²) in [6.45, 7) is 2.97. The van der Waals surface area contributed by atoms with E-state index in [0.717, 1.165) is 38.8 Å². The van der Waals surface area contributed by atoms with E-state index in [1.807, 2.05) is 4.90 Å². The monoisotopic (exact) mass is 453 g/mol. The maximum Gasteiger partial charge on any atom is 0.319 e. The Morgan fingerprint density at radius 2 is 2.13 bits per heavy atom. The van der Waals surface area contributed by atoms with Crippen LogP contribution in [-0.4, -0.2) is 76.1 Å². The number of hydrogen-bond donors (Lipinski definition) is 1. The number of fused-ring (bicyclic) bond motifs is 2. The van der Waals surface area contributed by atoms with E-state index in [0.29, 0.717) is 30.7 Å². The van der Waals surface area contributed by atoms with Crippen molar-refractivity contribution in [2.75, 3.05) is 44.3 Å². The van der Waals surface area contributed by atoms with Gasteiger partial charge in [0.2, 0.25) is 0 Å². The van der Waals surface area contributed by atoms with Crippen molar-refractivity contribution in [2.45, 2.75) is 43.8 Å². The fourth-order valence-electron chi connectivity index (χ4n) is 5.36. The molecule has 0 radical (unpaired) electrons. The maximum absolute atomic E-state index is 14.8. The molecule has 0 aromatic carbocycles. The molecule has 3 aliphatic heterocycles. The van der Waals surface area contributed by atoms with Crippen molar-refractivity contribution in [1.29, 1.82) is 0 Å². The summed E-state index contributed by atoms with van der Waals surface area (Å²) >= 11 is 5.91. The smallest absolute Gasteiger partial charge is 0.319 e. The molecule has 3 atom stereocenters. The Kier molecular flexibility index (Phi) is 5.60. The highest BCUT2D eigenvalue weighted by Gasteiger charge is 2.49. The Morgan fingerprint density at radius 1 is 1.26 bits per heavy atom. The van der Waals surface area contributed by atoms with E-state index in [1.165, 1.54) is 6.20 Å². The van der Waals surface area contributed by atoms with Crippen molar-refractivity contribution in [2.24, 2.45) is 5.92 Å². The average Bonchev–Trinajstić information content (AvgIpc) is 3.30. The first-order chi connectivity index (χ1) is 15.0. The van der Waals surface area contributed by atoms with Crippen LogP contribution in [0.25, 0.3) is 10.9 Å². The van der Waals surface area contributed by atoms with Crippen LogP contribution in [0.15, 0.2) is 6.20 Å². The largest absolute Gasteiger partial charge is 0.461 e. The number of piperidine rings is 1. The van der Waals surface area contributed by atoms with E-state index in [-0.39, 0.29) is 41.4 Å². The van der Waals surface area contributed by atoms with Crippen LogP contribution < -0.4 is 9.64 Å². The zero-order valence-corrected chi connectivity index (χ0v) is 18.0. The lowest BCUT2D eigenvalue weighted by Crippen LogP contribution is -2.43. The number of aliphatic hydroxyl groups excluding tert-OH is 1. The first-order valence-electron chi connectivity index (χ1n) is 10.9. The SMILES string of the molecule is OC[C@H]1CCCN(c2nc(OC[C@@]34CCCN3C[C@H](F)C4)nc3c(F)c(Cl)ncc23)C1. The van der Waals surface area contributed by atoms with Gasteiger partial charge in [0.25, 0.3) is 0 Å². The van der Waals surface area contributed by atoms with Gasteiger partial charge in [-0.3, -0.25) is 4.90 Å². The number of pyridine rings is 1. The molecule has 31 heavy (non-hydrogen) atoms. The molecule has 2 aromatic heterocycles. The molecule has 3 saturated heterocycles. The molecule has 0 bridgehead atoms. The maximum atomic E-state index is 14.8. The lowest BCUT2D eigenvalue weighted by Gasteiger charge is -2.33. The Hall–Kier alpha value is -1.84. The molecule has 2 aromatic rings. The molecule has 0 spiro atoms. The first-order valence-corrected chi connectivity index (χ1v) is 11.3. The first kappa shape index (κ1) is 21.0. The number of nitrogens with zero attached hydrogens (tertiary/aromatic N) is 5. The molecule has 1 N–H and O–H groups in total. The number of alkyl halides is 1. The molecule has 5 heterocycles. The predicted molar refractivity (Wildman–Crippen MR) is 113 cm³/mol. The van der Waals surface area contributed by atoms with Crippen molar-refractivity contribution >= 4 is 28.3 Å². The van der Waals surface area contributed by atoms with E-state index >= 15 is 0 Å². The van der Waals surface area contributed by atoms with Gasteiger partial charge < -0.3 is 14.7 Å². The molecule has 7 nitrogen and oxygen atoms in total. The molecule has 0 saturated carbocycles. The van der Waals surface area contributed by atoms with Crippen molar-refractivity contribution in [3.63, 3.8) is 0 Å².